The van der Waals surface area contributed by atoms with Gasteiger partial charge in [-0.1, -0.05) is 18.2 Å². The minimum absolute atomic E-state index is 0.101. The number of ether oxygens (including phenoxy) is 1. The van der Waals surface area contributed by atoms with Crippen LogP contribution in [0.5, 0.6) is 5.75 Å². The van der Waals surface area contributed by atoms with Crippen LogP contribution in [0.25, 0.3) is 0 Å². The highest BCUT2D eigenvalue weighted by molar-refractivity contribution is 5.94. The van der Waals surface area contributed by atoms with Crippen LogP contribution in [-0.4, -0.2) is 52.7 Å². The summed E-state index contributed by atoms with van der Waals surface area (Å²) in [5.74, 6) is 0.576. The number of carbonyl (C=O) groups excluding carboxylic acids is 1. The Bertz CT molecular complexity index is 696. The lowest BCUT2D eigenvalue weighted by molar-refractivity contribution is 0.0941. The molecule has 0 aliphatic heterocycles. The molecule has 2 rings (SSSR count). The van der Waals surface area contributed by atoms with Crippen molar-refractivity contribution in [1.82, 2.24) is 10.2 Å². The molecule has 1 atom stereocenters. The molecule has 0 saturated heterocycles. The SMILES string of the molecule is COc1cccc(C(=O)NC[C@H](c2ccc(N(C)C)cc2)N(C)C)c1. The van der Waals surface area contributed by atoms with Gasteiger partial charge < -0.3 is 19.9 Å². The Balaban J connectivity index is 2.07. The Morgan fingerprint density at radius 2 is 1.76 bits per heavy atom. The topological polar surface area (TPSA) is 44.8 Å². The van der Waals surface area contributed by atoms with Crippen LogP contribution >= 0.6 is 0 Å². The monoisotopic (exact) mass is 341 g/mol. The van der Waals surface area contributed by atoms with Gasteiger partial charge >= 0.3 is 0 Å². The standard InChI is InChI=1S/C20H27N3O2/c1-22(2)17-11-9-15(10-12-17)19(23(3)4)14-21-20(24)16-7-6-8-18(13-16)25-5/h6-13,19H,14H2,1-5H3,(H,21,24)/t19-/m1/s1. The van der Waals surface area contributed by atoms with Crippen molar-refractivity contribution >= 4 is 11.6 Å². The third-order valence-electron chi connectivity index (χ3n) is 4.21. The first-order valence-corrected chi connectivity index (χ1v) is 8.28. The summed E-state index contributed by atoms with van der Waals surface area (Å²) < 4.78 is 5.18. The molecule has 0 fully saturated rings. The number of rotatable bonds is 7. The van der Waals surface area contributed by atoms with E-state index in [2.05, 4.69) is 39.4 Å². The Morgan fingerprint density at radius 3 is 2.32 bits per heavy atom. The average Bonchev–Trinajstić information content (AvgIpc) is 2.61. The zero-order valence-corrected chi connectivity index (χ0v) is 15.6. The van der Waals surface area contributed by atoms with Gasteiger partial charge in [-0.3, -0.25) is 4.79 Å². The molecule has 0 heterocycles. The van der Waals surface area contributed by atoms with Crippen LogP contribution in [0, 0.1) is 0 Å². The third-order valence-corrected chi connectivity index (χ3v) is 4.21. The summed E-state index contributed by atoms with van der Waals surface area (Å²) in [6.07, 6.45) is 0. The second-order valence-electron chi connectivity index (χ2n) is 6.41. The highest BCUT2D eigenvalue weighted by atomic mass is 16.5. The number of methoxy groups -OCH3 is 1. The zero-order valence-electron chi connectivity index (χ0n) is 15.6. The highest BCUT2D eigenvalue weighted by Gasteiger charge is 2.16. The lowest BCUT2D eigenvalue weighted by Gasteiger charge is -2.26. The predicted molar refractivity (Wildman–Crippen MR) is 103 cm³/mol. The normalized spacial score (nSPS) is 11.9. The summed E-state index contributed by atoms with van der Waals surface area (Å²) in [4.78, 5) is 16.6. The van der Waals surface area contributed by atoms with Gasteiger partial charge in [0.05, 0.1) is 13.2 Å². The van der Waals surface area contributed by atoms with Crippen molar-refractivity contribution in [2.24, 2.45) is 0 Å². The average molecular weight is 341 g/mol. The maximum absolute atomic E-state index is 12.4. The number of hydrogen-bond acceptors (Lipinski definition) is 4. The highest BCUT2D eigenvalue weighted by Crippen LogP contribution is 2.21. The number of benzene rings is 2. The maximum Gasteiger partial charge on any atom is 0.251 e. The van der Waals surface area contributed by atoms with E-state index >= 15 is 0 Å². The molecule has 0 aromatic heterocycles. The van der Waals surface area contributed by atoms with Crippen LogP contribution in [0.2, 0.25) is 0 Å². The summed E-state index contributed by atoms with van der Waals surface area (Å²) in [7, 11) is 9.67. The van der Waals surface area contributed by atoms with Gasteiger partial charge in [0.25, 0.3) is 5.91 Å². The molecule has 0 aliphatic rings. The van der Waals surface area contributed by atoms with Crippen molar-refractivity contribution in [1.29, 1.82) is 0 Å². The van der Waals surface area contributed by atoms with Crippen molar-refractivity contribution in [3.63, 3.8) is 0 Å². The first-order valence-electron chi connectivity index (χ1n) is 8.28. The molecule has 0 aliphatic carbocycles. The molecule has 0 saturated carbocycles. The molecule has 1 amide bonds. The fourth-order valence-electron chi connectivity index (χ4n) is 2.65. The van der Waals surface area contributed by atoms with Gasteiger partial charge in [0, 0.05) is 31.9 Å². The first kappa shape index (κ1) is 18.8. The maximum atomic E-state index is 12.4. The molecule has 134 valence electrons. The van der Waals surface area contributed by atoms with E-state index in [9.17, 15) is 4.79 Å². The van der Waals surface area contributed by atoms with Crippen LogP contribution < -0.4 is 15.0 Å². The van der Waals surface area contributed by atoms with Crippen molar-refractivity contribution in [2.75, 3.05) is 46.7 Å². The van der Waals surface area contributed by atoms with Crippen molar-refractivity contribution in [2.45, 2.75) is 6.04 Å². The predicted octanol–water partition coefficient (Wildman–Crippen LogP) is 2.79. The minimum Gasteiger partial charge on any atom is -0.497 e. The molecule has 2 aromatic rings. The molecule has 0 bridgehead atoms. The molecular formula is C20H27N3O2. The summed E-state index contributed by atoms with van der Waals surface area (Å²) in [5, 5.41) is 3.02. The quantitative estimate of drug-likeness (QED) is 0.841. The van der Waals surface area contributed by atoms with Gasteiger partial charge in [0.2, 0.25) is 0 Å². The van der Waals surface area contributed by atoms with Gasteiger partial charge in [-0.25, -0.2) is 0 Å². The Kier molecular flexibility index (Phi) is 6.42. The molecule has 5 heteroatoms. The number of amides is 1. The number of nitrogens with zero attached hydrogens (tertiary/aromatic N) is 2. The third kappa shape index (κ3) is 4.97. The molecule has 5 nitrogen and oxygen atoms in total. The molecule has 0 unspecified atom stereocenters. The second kappa shape index (κ2) is 8.53. The van der Waals surface area contributed by atoms with Crippen LogP contribution in [0.4, 0.5) is 5.69 Å². The van der Waals surface area contributed by atoms with Crippen molar-refractivity contribution in [3.05, 3.63) is 59.7 Å². The molecule has 1 N–H and O–H groups in total. The first-order chi connectivity index (χ1) is 11.9. The fraction of sp³-hybridized carbons (Fsp3) is 0.350. The minimum atomic E-state index is -0.101. The van der Waals surface area contributed by atoms with Crippen molar-refractivity contribution < 1.29 is 9.53 Å². The van der Waals surface area contributed by atoms with Crippen LogP contribution in [0.3, 0.4) is 0 Å². The Labute approximate surface area is 150 Å². The van der Waals surface area contributed by atoms with E-state index in [0.29, 0.717) is 17.9 Å². The van der Waals surface area contributed by atoms with Gasteiger partial charge in [0.15, 0.2) is 0 Å². The second-order valence-corrected chi connectivity index (χ2v) is 6.41. The fourth-order valence-corrected chi connectivity index (χ4v) is 2.65. The van der Waals surface area contributed by atoms with Crippen LogP contribution in [-0.2, 0) is 0 Å². The van der Waals surface area contributed by atoms with Gasteiger partial charge in [0.1, 0.15) is 5.75 Å². The summed E-state index contributed by atoms with van der Waals surface area (Å²) in [6, 6.07) is 15.7. The summed E-state index contributed by atoms with van der Waals surface area (Å²) in [6.45, 7) is 0.532. The van der Waals surface area contributed by atoms with E-state index in [1.54, 1.807) is 19.2 Å². The number of hydrogen-bond donors (Lipinski definition) is 1. The largest absolute Gasteiger partial charge is 0.497 e. The van der Waals surface area contributed by atoms with E-state index in [4.69, 9.17) is 4.74 Å². The molecule has 2 aromatic carbocycles. The van der Waals surface area contributed by atoms with Crippen LogP contribution in [0.15, 0.2) is 48.5 Å². The molecule has 0 spiro atoms. The number of anilines is 1. The Hall–Kier alpha value is -2.53. The van der Waals surface area contributed by atoms with Gasteiger partial charge in [-0.15, -0.1) is 0 Å². The van der Waals surface area contributed by atoms with E-state index in [1.165, 1.54) is 5.56 Å². The Morgan fingerprint density at radius 1 is 1.08 bits per heavy atom. The van der Waals surface area contributed by atoms with E-state index < -0.39 is 0 Å². The molecule has 25 heavy (non-hydrogen) atoms. The van der Waals surface area contributed by atoms with E-state index in [0.717, 1.165) is 5.69 Å². The van der Waals surface area contributed by atoms with E-state index in [1.807, 2.05) is 40.3 Å². The summed E-state index contributed by atoms with van der Waals surface area (Å²) >= 11 is 0. The number of likely N-dealkylation sites (N-methyl/N-ethyl adjacent to an activating group) is 1. The molecule has 0 radical (unpaired) electrons. The smallest absolute Gasteiger partial charge is 0.251 e. The van der Waals surface area contributed by atoms with Crippen LogP contribution in [0.1, 0.15) is 22.0 Å². The number of nitrogens with one attached hydrogen (secondary N) is 1. The van der Waals surface area contributed by atoms with Gasteiger partial charge in [-0.2, -0.15) is 0 Å². The van der Waals surface area contributed by atoms with Gasteiger partial charge in [-0.05, 0) is 50.0 Å². The van der Waals surface area contributed by atoms with Crippen molar-refractivity contribution in [3.8, 4) is 5.75 Å². The lowest BCUT2D eigenvalue weighted by atomic mass is 10.0. The summed E-state index contributed by atoms with van der Waals surface area (Å²) in [5.41, 5.74) is 2.92. The lowest BCUT2D eigenvalue weighted by Crippen LogP contribution is -2.34. The zero-order chi connectivity index (χ0) is 18.4. The number of carbonyl (C=O) groups is 1. The molecular weight excluding hydrogens is 314 g/mol. The van der Waals surface area contributed by atoms with E-state index in [-0.39, 0.29) is 11.9 Å².